The maximum atomic E-state index is 13.3. The summed E-state index contributed by atoms with van der Waals surface area (Å²) in [5.74, 6) is 0. The van der Waals surface area contributed by atoms with Crippen molar-refractivity contribution in [2.75, 3.05) is 27.7 Å². The third-order valence-corrected chi connectivity index (χ3v) is 7.97. The summed E-state index contributed by atoms with van der Waals surface area (Å²) in [4.78, 5) is 8.75. The average Bonchev–Trinajstić information content (AvgIpc) is 3.36. The van der Waals surface area contributed by atoms with Crippen molar-refractivity contribution in [1.82, 2.24) is 22.8 Å². The Labute approximate surface area is 182 Å². The van der Waals surface area contributed by atoms with Crippen molar-refractivity contribution in [2.24, 2.45) is 5.16 Å². The lowest BCUT2D eigenvalue weighted by Crippen LogP contribution is -2.38. The monoisotopic (exact) mass is 470 g/mol. The molecular formula is C18H26N6O5S2. The summed E-state index contributed by atoms with van der Waals surface area (Å²) in [6.07, 6.45) is 2.24. The van der Waals surface area contributed by atoms with E-state index in [9.17, 15) is 16.8 Å². The Morgan fingerprint density at radius 1 is 1.16 bits per heavy atom. The van der Waals surface area contributed by atoms with Crippen LogP contribution < -0.4 is 0 Å². The van der Waals surface area contributed by atoms with Crippen molar-refractivity contribution in [2.45, 2.75) is 37.9 Å². The molecule has 0 N–H and O–H groups in total. The number of benzene rings is 1. The van der Waals surface area contributed by atoms with Crippen LogP contribution in [0.1, 0.15) is 29.5 Å². The van der Waals surface area contributed by atoms with Crippen LogP contribution in [0.5, 0.6) is 0 Å². The second-order valence-corrected chi connectivity index (χ2v) is 11.4. The predicted molar refractivity (Wildman–Crippen MR) is 114 cm³/mol. The number of hydrogen-bond donors (Lipinski definition) is 0. The summed E-state index contributed by atoms with van der Waals surface area (Å²) < 4.78 is 53.8. The first-order chi connectivity index (χ1) is 14.5. The lowest BCUT2D eigenvalue weighted by atomic mass is 10.0. The van der Waals surface area contributed by atoms with E-state index in [1.807, 2.05) is 32.0 Å². The Hall–Kier alpha value is -2.35. The topological polar surface area (TPSA) is 127 Å². The fourth-order valence-corrected chi connectivity index (χ4v) is 5.29. The average molecular weight is 471 g/mol. The van der Waals surface area contributed by atoms with Gasteiger partial charge in [0.2, 0.25) is 0 Å². The molecule has 31 heavy (non-hydrogen) atoms. The van der Waals surface area contributed by atoms with E-state index in [-0.39, 0.29) is 12.6 Å². The van der Waals surface area contributed by atoms with Crippen LogP contribution >= 0.6 is 0 Å². The summed E-state index contributed by atoms with van der Waals surface area (Å²) in [5.41, 5.74) is 3.20. The molecule has 11 nitrogen and oxygen atoms in total. The second-order valence-electron chi connectivity index (χ2n) is 7.57. The number of sulfonamides is 1. The minimum atomic E-state index is -4.17. The van der Waals surface area contributed by atoms with Crippen molar-refractivity contribution >= 4 is 25.9 Å². The zero-order valence-corrected chi connectivity index (χ0v) is 19.7. The molecular weight excluding hydrogens is 444 g/mol. The van der Waals surface area contributed by atoms with Crippen LogP contribution in [-0.2, 0) is 25.1 Å². The highest BCUT2D eigenvalue weighted by atomic mass is 32.2. The highest BCUT2D eigenvalue weighted by molar-refractivity contribution is 7.89. The molecule has 0 aliphatic heterocycles. The van der Waals surface area contributed by atoms with Gasteiger partial charge in [-0.15, -0.1) is 9.19 Å². The lowest BCUT2D eigenvalue weighted by Gasteiger charge is -2.21. The molecule has 0 bridgehead atoms. The first-order valence-corrected chi connectivity index (χ1v) is 12.4. The molecule has 3 rings (SSSR count). The fourth-order valence-electron chi connectivity index (χ4n) is 3.08. The molecule has 0 unspecified atom stereocenters. The second kappa shape index (κ2) is 8.65. The van der Waals surface area contributed by atoms with E-state index in [0.717, 1.165) is 27.3 Å². The molecule has 1 heterocycles. The highest BCUT2D eigenvalue weighted by Crippen LogP contribution is 2.31. The zero-order valence-electron chi connectivity index (χ0n) is 18.0. The molecule has 1 fully saturated rings. The molecule has 13 heteroatoms. The van der Waals surface area contributed by atoms with Gasteiger partial charge in [0.1, 0.15) is 19.1 Å². The van der Waals surface area contributed by atoms with E-state index in [1.54, 1.807) is 0 Å². The first-order valence-electron chi connectivity index (χ1n) is 9.52. The van der Waals surface area contributed by atoms with E-state index in [1.165, 1.54) is 25.5 Å². The lowest BCUT2D eigenvalue weighted by molar-refractivity contribution is 0.212. The standard InChI is InChI=1S/C18H26N6O5S2/c1-13-8-14(2)10-15(9-13)17(21-29-5)11-23(16-6-7-16)30(25,26)18-19-12-24(20-18)31(27,28)22(3)4/h8-10,12,16H,6-7,11H2,1-5H3/b21-17+. The van der Waals surface area contributed by atoms with Crippen LogP contribution in [0.25, 0.3) is 0 Å². The number of nitrogens with zero attached hydrogens (tertiary/aromatic N) is 6. The maximum Gasteiger partial charge on any atom is 0.323 e. The van der Waals surface area contributed by atoms with Crippen molar-refractivity contribution in [3.63, 3.8) is 0 Å². The van der Waals surface area contributed by atoms with E-state index < -0.39 is 25.4 Å². The smallest absolute Gasteiger partial charge is 0.323 e. The molecule has 170 valence electrons. The van der Waals surface area contributed by atoms with Crippen LogP contribution in [-0.4, -0.2) is 79.1 Å². The van der Waals surface area contributed by atoms with Gasteiger partial charge in [-0.2, -0.15) is 17.0 Å². The Bertz CT molecular complexity index is 1180. The van der Waals surface area contributed by atoms with Gasteiger partial charge in [0.25, 0.3) is 15.2 Å². The van der Waals surface area contributed by atoms with Gasteiger partial charge < -0.3 is 4.84 Å². The van der Waals surface area contributed by atoms with Gasteiger partial charge in [-0.25, -0.2) is 13.4 Å². The molecule has 1 aromatic carbocycles. The fraction of sp³-hybridized carbons (Fsp3) is 0.500. The van der Waals surface area contributed by atoms with Crippen molar-refractivity contribution in [3.8, 4) is 0 Å². The van der Waals surface area contributed by atoms with Crippen LogP contribution in [0.2, 0.25) is 0 Å². The predicted octanol–water partition coefficient (Wildman–Crippen LogP) is 0.753. The van der Waals surface area contributed by atoms with Gasteiger partial charge >= 0.3 is 10.2 Å². The number of aromatic nitrogens is 3. The van der Waals surface area contributed by atoms with Crippen LogP contribution in [0.3, 0.4) is 0 Å². The molecule has 1 aromatic heterocycles. The number of oxime groups is 1. The molecule has 2 aromatic rings. The van der Waals surface area contributed by atoms with E-state index in [0.29, 0.717) is 22.6 Å². The van der Waals surface area contributed by atoms with E-state index in [4.69, 9.17) is 4.84 Å². The minimum absolute atomic E-state index is 0.0568. The molecule has 0 saturated heterocycles. The highest BCUT2D eigenvalue weighted by Gasteiger charge is 2.41. The molecule has 0 amide bonds. The normalized spacial score (nSPS) is 15.6. The molecule has 1 aliphatic carbocycles. The summed E-state index contributed by atoms with van der Waals surface area (Å²) in [6, 6.07) is 5.57. The van der Waals surface area contributed by atoms with Crippen molar-refractivity contribution in [3.05, 3.63) is 41.2 Å². The van der Waals surface area contributed by atoms with Gasteiger partial charge in [-0.1, -0.05) is 34.5 Å². The summed E-state index contributed by atoms with van der Waals surface area (Å²) >= 11 is 0. The largest absolute Gasteiger partial charge is 0.399 e. The van der Waals surface area contributed by atoms with Gasteiger partial charge in [0.15, 0.2) is 0 Å². The molecule has 0 radical (unpaired) electrons. The Morgan fingerprint density at radius 3 is 2.29 bits per heavy atom. The molecule has 0 atom stereocenters. The van der Waals surface area contributed by atoms with Gasteiger partial charge in [-0.3, -0.25) is 0 Å². The number of hydrogen-bond acceptors (Lipinski definition) is 8. The number of aryl methyl sites for hydroxylation is 2. The van der Waals surface area contributed by atoms with Crippen LogP contribution in [0.15, 0.2) is 34.8 Å². The van der Waals surface area contributed by atoms with Gasteiger partial charge in [0, 0.05) is 25.7 Å². The molecule has 0 spiro atoms. The van der Waals surface area contributed by atoms with Crippen LogP contribution in [0.4, 0.5) is 0 Å². The SMILES string of the molecule is CO/N=C(\CN(C1CC1)S(=O)(=O)c1ncn(S(=O)(=O)N(C)C)n1)c1cc(C)cc(C)c1. The summed E-state index contributed by atoms with van der Waals surface area (Å²) in [6.45, 7) is 3.83. The van der Waals surface area contributed by atoms with Crippen molar-refractivity contribution in [1.29, 1.82) is 0 Å². The molecule has 1 saturated carbocycles. The van der Waals surface area contributed by atoms with Gasteiger partial charge in [-0.05, 0) is 26.7 Å². The zero-order chi connectivity index (χ0) is 23.0. The van der Waals surface area contributed by atoms with Crippen molar-refractivity contribution < 1.29 is 21.7 Å². The van der Waals surface area contributed by atoms with Crippen LogP contribution in [0, 0.1) is 13.8 Å². The Balaban J connectivity index is 1.98. The van der Waals surface area contributed by atoms with E-state index >= 15 is 0 Å². The Kier molecular flexibility index (Phi) is 6.51. The minimum Gasteiger partial charge on any atom is -0.399 e. The van der Waals surface area contributed by atoms with Gasteiger partial charge in [0.05, 0.1) is 6.54 Å². The summed E-state index contributed by atoms with van der Waals surface area (Å²) in [5, 5.41) is 7.22. The summed E-state index contributed by atoms with van der Waals surface area (Å²) in [7, 11) is -4.12. The quantitative estimate of drug-likeness (QED) is 0.391. The first kappa shape index (κ1) is 23.3. The van der Waals surface area contributed by atoms with E-state index in [2.05, 4.69) is 15.2 Å². The third-order valence-electron chi connectivity index (χ3n) is 4.70. The Morgan fingerprint density at radius 2 is 1.77 bits per heavy atom. The molecule has 1 aliphatic rings. The number of rotatable bonds is 9. The maximum absolute atomic E-state index is 13.3. The third kappa shape index (κ3) is 4.95.